The molecule has 5 nitrogen and oxygen atoms in total. The largest absolute Gasteiger partial charge is 1.00 e. The molecule has 1 aliphatic rings. The zero-order chi connectivity index (χ0) is 13.1. The van der Waals surface area contributed by atoms with E-state index in [4.69, 9.17) is 5.73 Å². The van der Waals surface area contributed by atoms with Crippen molar-refractivity contribution < 1.29 is 33.6 Å². The van der Waals surface area contributed by atoms with Crippen molar-refractivity contribution in [1.82, 2.24) is 4.90 Å². The number of rotatable bonds is 4. The molecule has 96 valence electrons. The van der Waals surface area contributed by atoms with Crippen LogP contribution in [0.4, 0.5) is 0 Å². The van der Waals surface area contributed by atoms with Gasteiger partial charge in [0.1, 0.15) is 0 Å². The zero-order valence-corrected chi connectivity index (χ0v) is 10.9. The minimum atomic E-state index is -1.14. The SMILES string of the molecule is NC(=O)C1CCC(C(=O)[O-])N1Cc1ccccc1.[Li+]. The van der Waals surface area contributed by atoms with Crippen LogP contribution >= 0.6 is 0 Å². The molecule has 0 radical (unpaired) electrons. The zero-order valence-electron chi connectivity index (χ0n) is 10.9. The Morgan fingerprint density at radius 3 is 2.32 bits per heavy atom. The van der Waals surface area contributed by atoms with Crippen LogP contribution < -0.4 is 29.7 Å². The van der Waals surface area contributed by atoms with E-state index in [1.807, 2.05) is 30.3 Å². The van der Waals surface area contributed by atoms with Gasteiger partial charge in [-0.05, 0) is 18.4 Å². The fourth-order valence-corrected chi connectivity index (χ4v) is 2.44. The smallest absolute Gasteiger partial charge is 0.548 e. The first-order chi connectivity index (χ1) is 8.59. The molecule has 0 aromatic heterocycles. The van der Waals surface area contributed by atoms with Gasteiger partial charge in [0.15, 0.2) is 0 Å². The van der Waals surface area contributed by atoms with E-state index in [-0.39, 0.29) is 18.9 Å². The molecule has 0 saturated carbocycles. The summed E-state index contributed by atoms with van der Waals surface area (Å²) in [6, 6.07) is 8.16. The average Bonchev–Trinajstić information content (AvgIpc) is 2.74. The van der Waals surface area contributed by atoms with Gasteiger partial charge in [-0.3, -0.25) is 9.69 Å². The number of carbonyl (C=O) groups is 2. The molecule has 1 heterocycles. The normalized spacial score (nSPS) is 22.7. The summed E-state index contributed by atoms with van der Waals surface area (Å²) in [4.78, 5) is 24.0. The van der Waals surface area contributed by atoms with E-state index in [9.17, 15) is 14.7 Å². The second-order valence-corrected chi connectivity index (χ2v) is 4.49. The minimum absolute atomic E-state index is 0. The van der Waals surface area contributed by atoms with Gasteiger partial charge in [-0.25, -0.2) is 0 Å². The van der Waals surface area contributed by atoms with Crippen LogP contribution in [0, 0.1) is 0 Å². The molecule has 19 heavy (non-hydrogen) atoms. The van der Waals surface area contributed by atoms with Crippen LogP contribution in [0.2, 0.25) is 0 Å². The Hall–Kier alpha value is -1.28. The van der Waals surface area contributed by atoms with Crippen molar-refractivity contribution >= 4 is 11.9 Å². The fraction of sp³-hybridized carbons (Fsp3) is 0.385. The third-order valence-corrected chi connectivity index (χ3v) is 3.32. The first kappa shape index (κ1) is 15.8. The summed E-state index contributed by atoms with van der Waals surface area (Å²) in [5.74, 6) is -1.62. The number of amides is 1. The van der Waals surface area contributed by atoms with E-state index in [0.29, 0.717) is 19.4 Å². The fourth-order valence-electron chi connectivity index (χ4n) is 2.44. The number of carboxylic acid groups (broad SMARTS) is 1. The van der Waals surface area contributed by atoms with Crippen molar-refractivity contribution in [3.05, 3.63) is 35.9 Å². The number of nitrogens with two attached hydrogens (primary N) is 1. The van der Waals surface area contributed by atoms with E-state index in [0.717, 1.165) is 5.56 Å². The van der Waals surface area contributed by atoms with Crippen molar-refractivity contribution in [2.24, 2.45) is 5.73 Å². The topological polar surface area (TPSA) is 86.5 Å². The summed E-state index contributed by atoms with van der Waals surface area (Å²) in [5, 5.41) is 11.1. The number of aliphatic carboxylic acids is 1. The molecule has 1 aromatic rings. The van der Waals surface area contributed by atoms with Crippen LogP contribution in [-0.2, 0) is 16.1 Å². The van der Waals surface area contributed by atoms with Crippen LogP contribution in [0.5, 0.6) is 0 Å². The summed E-state index contributed by atoms with van der Waals surface area (Å²) in [6.07, 6.45) is 0.879. The molecule has 6 heteroatoms. The van der Waals surface area contributed by atoms with Crippen LogP contribution in [0.3, 0.4) is 0 Å². The first-order valence-electron chi connectivity index (χ1n) is 5.89. The van der Waals surface area contributed by atoms with E-state index >= 15 is 0 Å². The Balaban J connectivity index is 0.00000180. The number of likely N-dealkylation sites (tertiary alicyclic amines) is 1. The predicted octanol–water partition coefficient (Wildman–Crippen LogP) is -3.74. The van der Waals surface area contributed by atoms with Gasteiger partial charge in [-0.2, -0.15) is 0 Å². The van der Waals surface area contributed by atoms with E-state index < -0.39 is 24.0 Å². The van der Waals surface area contributed by atoms with Gasteiger partial charge in [0.25, 0.3) is 0 Å². The molecular weight excluding hydrogens is 239 g/mol. The monoisotopic (exact) mass is 254 g/mol. The van der Waals surface area contributed by atoms with Crippen LogP contribution in [0.15, 0.2) is 30.3 Å². The number of hydrogen-bond donors (Lipinski definition) is 1. The standard InChI is InChI=1S/C13H16N2O3.Li/c14-12(16)10-6-7-11(13(17)18)15(10)8-9-4-2-1-3-5-9;/h1-5,10-11H,6-8H2,(H2,14,16)(H,17,18);/q;+1/p-1. The van der Waals surface area contributed by atoms with Crippen LogP contribution in [0.1, 0.15) is 18.4 Å². The molecule has 0 bridgehead atoms. The minimum Gasteiger partial charge on any atom is -0.548 e. The third kappa shape index (κ3) is 3.60. The molecule has 1 aliphatic heterocycles. The van der Waals surface area contributed by atoms with Gasteiger partial charge >= 0.3 is 18.9 Å². The van der Waals surface area contributed by atoms with Gasteiger partial charge in [0, 0.05) is 6.54 Å². The van der Waals surface area contributed by atoms with Gasteiger partial charge < -0.3 is 15.6 Å². The molecule has 1 aromatic carbocycles. The van der Waals surface area contributed by atoms with Crippen molar-refractivity contribution in [3.8, 4) is 0 Å². The Bertz CT molecular complexity index is 430. The Labute approximate surface area is 123 Å². The summed E-state index contributed by atoms with van der Waals surface area (Å²) in [6.45, 7) is 0.396. The summed E-state index contributed by atoms with van der Waals surface area (Å²) in [7, 11) is 0. The van der Waals surface area contributed by atoms with Crippen LogP contribution in [-0.4, -0.2) is 28.9 Å². The molecule has 2 atom stereocenters. The predicted molar refractivity (Wildman–Crippen MR) is 63.0 cm³/mol. The van der Waals surface area contributed by atoms with E-state index in [1.165, 1.54) is 0 Å². The third-order valence-electron chi connectivity index (χ3n) is 3.32. The van der Waals surface area contributed by atoms with Gasteiger partial charge in [0.2, 0.25) is 5.91 Å². The maximum absolute atomic E-state index is 11.3. The number of carboxylic acids is 1. The van der Waals surface area contributed by atoms with Crippen LogP contribution in [0.25, 0.3) is 0 Å². The number of hydrogen-bond acceptors (Lipinski definition) is 4. The van der Waals surface area contributed by atoms with Crippen molar-refractivity contribution in [2.45, 2.75) is 31.5 Å². The first-order valence-corrected chi connectivity index (χ1v) is 5.89. The number of nitrogens with zero attached hydrogens (tertiary/aromatic N) is 1. The van der Waals surface area contributed by atoms with E-state index in [2.05, 4.69) is 0 Å². The Morgan fingerprint density at radius 2 is 1.79 bits per heavy atom. The maximum Gasteiger partial charge on any atom is 1.00 e. The number of primary amides is 1. The maximum atomic E-state index is 11.3. The van der Waals surface area contributed by atoms with Gasteiger partial charge in [-0.1, -0.05) is 30.3 Å². The molecular formula is C13H15LiN2O3. The average molecular weight is 254 g/mol. The molecule has 1 saturated heterocycles. The van der Waals surface area contributed by atoms with Crippen molar-refractivity contribution in [3.63, 3.8) is 0 Å². The van der Waals surface area contributed by atoms with Crippen molar-refractivity contribution in [1.29, 1.82) is 0 Å². The molecule has 2 N–H and O–H groups in total. The summed E-state index contributed by atoms with van der Waals surface area (Å²) >= 11 is 0. The second-order valence-electron chi connectivity index (χ2n) is 4.49. The molecule has 2 unspecified atom stereocenters. The van der Waals surface area contributed by atoms with E-state index in [1.54, 1.807) is 4.90 Å². The van der Waals surface area contributed by atoms with Gasteiger partial charge in [-0.15, -0.1) is 0 Å². The Morgan fingerprint density at radius 1 is 1.21 bits per heavy atom. The molecule has 0 spiro atoms. The molecule has 0 aliphatic carbocycles. The molecule has 1 amide bonds. The molecule has 1 fully saturated rings. The molecule has 2 rings (SSSR count). The van der Waals surface area contributed by atoms with Crippen molar-refractivity contribution in [2.75, 3.05) is 0 Å². The number of carbonyl (C=O) groups excluding carboxylic acids is 2. The summed E-state index contributed by atoms with van der Waals surface area (Å²) < 4.78 is 0. The van der Waals surface area contributed by atoms with Gasteiger partial charge in [0.05, 0.1) is 18.1 Å². The quantitative estimate of drug-likeness (QED) is 0.559. The Kier molecular flexibility index (Phi) is 5.61. The number of benzene rings is 1. The summed E-state index contributed by atoms with van der Waals surface area (Å²) in [5.41, 5.74) is 6.27. The second kappa shape index (κ2) is 6.76.